The van der Waals surface area contributed by atoms with Crippen molar-refractivity contribution in [1.82, 2.24) is 30.1 Å². The molecule has 2 aromatic heterocycles. The van der Waals surface area contributed by atoms with Crippen LogP contribution in [0.3, 0.4) is 0 Å². The van der Waals surface area contributed by atoms with Crippen molar-refractivity contribution in [2.24, 2.45) is 0 Å². The van der Waals surface area contributed by atoms with Gasteiger partial charge in [0.2, 0.25) is 0 Å². The lowest BCUT2D eigenvalue weighted by Crippen LogP contribution is -2.34. The fourth-order valence-corrected chi connectivity index (χ4v) is 4.76. The maximum atomic E-state index is 13.4. The summed E-state index contributed by atoms with van der Waals surface area (Å²) >= 11 is 0. The summed E-state index contributed by atoms with van der Waals surface area (Å²) in [6, 6.07) is 12.2. The van der Waals surface area contributed by atoms with E-state index in [-0.39, 0.29) is 24.0 Å². The molecule has 4 rings (SSSR count). The van der Waals surface area contributed by atoms with Gasteiger partial charge in [0.1, 0.15) is 5.82 Å². The molecule has 0 aliphatic rings. The summed E-state index contributed by atoms with van der Waals surface area (Å²) in [5.74, 6) is 0.392. The molecule has 2 heterocycles. The number of hydrogen-bond acceptors (Lipinski definition) is 6. The lowest BCUT2D eigenvalue weighted by Gasteiger charge is -2.30. The Morgan fingerprint density at radius 3 is 2.67 bits per heavy atom. The first kappa shape index (κ1) is 25.7. The predicted molar refractivity (Wildman–Crippen MR) is 137 cm³/mol. The Kier molecular flexibility index (Phi) is 8.22. The molecule has 2 aromatic carbocycles. The van der Waals surface area contributed by atoms with Gasteiger partial charge < -0.3 is 10.1 Å². The number of aromatic amines is 1. The zero-order chi connectivity index (χ0) is 25.7. The zero-order valence-electron chi connectivity index (χ0n) is 21.0. The van der Waals surface area contributed by atoms with Crippen molar-refractivity contribution < 1.29 is 9.50 Å². The molecule has 36 heavy (non-hydrogen) atoms. The van der Waals surface area contributed by atoms with Crippen LogP contribution in [0, 0.1) is 19.7 Å². The van der Waals surface area contributed by atoms with Gasteiger partial charge in [-0.3, -0.25) is 9.69 Å². The Morgan fingerprint density at radius 1 is 1.17 bits per heavy atom. The smallest absolute Gasteiger partial charge is 0.252 e. The number of halogens is 1. The van der Waals surface area contributed by atoms with Gasteiger partial charge in [-0.15, -0.1) is 5.10 Å². The van der Waals surface area contributed by atoms with Crippen LogP contribution in [0.15, 0.2) is 47.3 Å². The number of fused-ring (bicyclic) bond motifs is 1. The highest BCUT2D eigenvalue weighted by Crippen LogP contribution is 2.27. The number of hydrogen-bond donors (Lipinski definition) is 2. The maximum absolute atomic E-state index is 13.4. The van der Waals surface area contributed by atoms with Crippen molar-refractivity contribution in [2.75, 3.05) is 13.2 Å². The van der Waals surface area contributed by atoms with Crippen LogP contribution in [-0.2, 0) is 13.1 Å². The molecule has 8 nitrogen and oxygen atoms in total. The van der Waals surface area contributed by atoms with Gasteiger partial charge in [-0.1, -0.05) is 37.1 Å². The number of rotatable bonds is 11. The van der Waals surface area contributed by atoms with Gasteiger partial charge in [0, 0.05) is 25.3 Å². The molecular formula is C27H33FN6O2. The number of pyridine rings is 1. The average Bonchev–Trinajstić information content (AvgIpc) is 3.30. The van der Waals surface area contributed by atoms with Crippen molar-refractivity contribution >= 4 is 10.9 Å². The fraction of sp³-hybridized carbons (Fsp3) is 0.407. The van der Waals surface area contributed by atoms with E-state index >= 15 is 0 Å². The Labute approximate surface area is 209 Å². The lowest BCUT2D eigenvalue weighted by molar-refractivity contribution is 0.148. The third-order valence-corrected chi connectivity index (χ3v) is 6.45. The van der Waals surface area contributed by atoms with E-state index in [1.807, 2.05) is 19.9 Å². The highest BCUT2D eigenvalue weighted by molar-refractivity contribution is 5.82. The molecule has 0 spiro atoms. The Morgan fingerprint density at radius 2 is 1.94 bits per heavy atom. The minimum absolute atomic E-state index is 0.0440. The number of H-pyrrole nitrogens is 1. The highest BCUT2D eigenvalue weighted by Gasteiger charge is 2.26. The summed E-state index contributed by atoms with van der Waals surface area (Å²) in [5, 5.41) is 23.1. The van der Waals surface area contributed by atoms with Gasteiger partial charge >= 0.3 is 0 Å². The fourth-order valence-electron chi connectivity index (χ4n) is 4.76. The minimum atomic E-state index is -0.291. The Hall–Kier alpha value is -3.43. The van der Waals surface area contributed by atoms with Crippen LogP contribution in [-0.4, -0.2) is 48.3 Å². The number of benzene rings is 2. The molecule has 0 saturated heterocycles. The third-order valence-electron chi connectivity index (χ3n) is 6.45. The van der Waals surface area contributed by atoms with E-state index in [0.29, 0.717) is 37.4 Å². The second-order valence-electron chi connectivity index (χ2n) is 9.34. The summed E-state index contributed by atoms with van der Waals surface area (Å²) < 4.78 is 15.1. The van der Waals surface area contributed by atoms with Crippen molar-refractivity contribution in [1.29, 1.82) is 0 Å². The highest BCUT2D eigenvalue weighted by atomic mass is 19.1. The first-order valence-electron chi connectivity index (χ1n) is 12.4. The second-order valence-corrected chi connectivity index (χ2v) is 9.34. The number of aryl methyl sites for hydroxylation is 2. The summed E-state index contributed by atoms with van der Waals surface area (Å²) in [5.41, 5.74) is 4.45. The molecule has 0 amide bonds. The average molecular weight is 493 g/mol. The number of tetrazole rings is 1. The molecule has 190 valence electrons. The van der Waals surface area contributed by atoms with Crippen molar-refractivity contribution in [3.05, 3.63) is 86.7 Å². The van der Waals surface area contributed by atoms with Crippen LogP contribution in [0.25, 0.3) is 10.9 Å². The Balaban J connectivity index is 1.69. The molecule has 0 aliphatic heterocycles. The summed E-state index contributed by atoms with van der Waals surface area (Å²) in [6.07, 6.45) is 2.22. The monoisotopic (exact) mass is 492 g/mol. The minimum Gasteiger partial charge on any atom is -0.396 e. The van der Waals surface area contributed by atoms with Gasteiger partial charge in [-0.25, -0.2) is 9.07 Å². The predicted octanol–water partition coefficient (Wildman–Crippen LogP) is 4.04. The number of aliphatic hydroxyl groups excluding tert-OH is 1. The molecule has 4 aromatic rings. The van der Waals surface area contributed by atoms with Crippen molar-refractivity contribution in [2.45, 2.75) is 59.2 Å². The summed E-state index contributed by atoms with van der Waals surface area (Å²) in [7, 11) is 0. The topological polar surface area (TPSA) is 99.9 Å². The van der Waals surface area contributed by atoms with Gasteiger partial charge in [-0.05, 0) is 77.9 Å². The van der Waals surface area contributed by atoms with Gasteiger partial charge in [0.05, 0.1) is 18.1 Å². The molecule has 9 heteroatoms. The SMILES string of the molecule is CCC[C@H](c1nnnn1Cc1ccc(F)cc1)N(CCCO)Cc1cc2cc(C)cc(C)c2[nH]c1=O. The number of aliphatic hydroxyl groups is 1. The molecule has 1 atom stereocenters. The Bertz CT molecular complexity index is 1370. The zero-order valence-corrected chi connectivity index (χ0v) is 21.0. The molecule has 0 radical (unpaired) electrons. The van der Waals surface area contributed by atoms with Crippen LogP contribution in [0.2, 0.25) is 0 Å². The van der Waals surface area contributed by atoms with Crippen LogP contribution in [0.5, 0.6) is 0 Å². The van der Waals surface area contributed by atoms with E-state index in [0.717, 1.165) is 40.4 Å². The van der Waals surface area contributed by atoms with E-state index in [1.165, 1.54) is 12.1 Å². The van der Waals surface area contributed by atoms with Crippen LogP contribution >= 0.6 is 0 Å². The summed E-state index contributed by atoms with van der Waals surface area (Å²) in [6.45, 7) is 7.56. The maximum Gasteiger partial charge on any atom is 0.252 e. The van der Waals surface area contributed by atoms with E-state index in [4.69, 9.17) is 0 Å². The van der Waals surface area contributed by atoms with Crippen LogP contribution in [0.1, 0.15) is 60.3 Å². The van der Waals surface area contributed by atoms with Crippen molar-refractivity contribution in [3.63, 3.8) is 0 Å². The largest absolute Gasteiger partial charge is 0.396 e. The molecule has 0 aliphatic carbocycles. The van der Waals surface area contributed by atoms with Gasteiger partial charge in [0.15, 0.2) is 5.82 Å². The molecule has 0 bridgehead atoms. The van der Waals surface area contributed by atoms with Crippen molar-refractivity contribution in [3.8, 4) is 0 Å². The molecule has 0 saturated carbocycles. The standard InChI is InChI=1S/C27H33FN6O2/c1-4-6-24(26-30-31-32-34(26)16-20-7-9-23(28)10-8-20)33(11-5-12-35)17-22-15-21-14-18(2)13-19(3)25(21)29-27(22)36/h7-10,13-15,24,35H,4-6,11-12,16-17H2,1-3H3,(H,29,36)/t24-/m1/s1. The van der Waals surface area contributed by atoms with E-state index in [1.54, 1.807) is 16.8 Å². The summed E-state index contributed by atoms with van der Waals surface area (Å²) in [4.78, 5) is 18.3. The number of nitrogens with one attached hydrogen (secondary N) is 1. The normalized spacial score (nSPS) is 12.5. The van der Waals surface area contributed by atoms with Crippen LogP contribution in [0.4, 0.5) is 4.39 Å². The molecular weight excluding hydrogens is 459 g/mol. The third kappa shape index (κ3) is 5.85. The van der Waals surface area contributed by atoms with E-state index < -0.39 is 0 Å². The van der Waals surface area contributed by atoms with Gasteiger partial charge in [-0.2, -0.15) is 0 Å². The van der Waals surface area contributed by atoms with E-state index in [9.17, 15) is 14.3 Å². The van der Waals surface area contributed by atoms with Crippen LogP contribution < -0.4 is 5.56 Å². The van der Waals surface area contributed by atoms with Gasteiger partial charge in [0.25, 0.3) is 5.56 Å². The molecule has 0 fully saturated rings. The second kappa shape index (κ2) is 11.5. The first-order chi connectivity index (χ1) is 17.4. The molecule has 0 unspecified atom stereocenters. The number of nitrogens with zero attached hydrogens (tertiary/aromatic N) is 5. The first-order valence-corrected chi connectivity index (χ1v) is 12.4. The quantitative estimate of drug-likeness (QED) is 0.328. The lowest BCUT2D eigenvalue weighted by atomic mass is 10.0. The molecule has 2 N–H and O–H groups in total. The van der Waals surface area contributed by atoms with E-state index in [2.05, 4.69) is 44.5 Å². The number of aromatic nitrogens is 5.